The van der Waals surface area contributed by atoms with E-state index in [1.54, 1.807) is 4.90 Å². The Balaban J connectivity index is 1.84. The van der Waals surface area contributed by atoms with Crippen LogP contribution in [0.4, 0.5) is 0 Å². The van der Waals surface area contributed by atoms with Crippen LogP contribution in [0.3, 0.4) is 0 Å². The lowest BCUT2D eigenvalue weighted by atomic mass is 9.97. The molecule has 24 heavy (non-hydrogen) atoms. The van der Waals surface area contributed by atoms with Crippen molar-refractivity contribution in [2.45, 2.75) is 52.0 Å². The molecule has 1 unspecified atom stereocenters. The van der Waals surface area contributed by atoms with Crippen LogP contribution >= 0.6 is 0 Å². The van der Waals surface area contributed by atoms with Crippen LogP contribution in [0, 0.1) is 0 Å². The SMILES string of the molecule is CC(=O)N(CC(=O)NCCC1=CCCCC1)C(C)c1ccccc1. The van der Waals surface area contributed by atoms with Crippen LogP contribution in [0.15, 0.2) is 42.0 Å². The highest BCUT2D eigenvalue weighted by Gasteiger charge is 2.21. The molecule has 0 saturated heterocycles. The van der Waals surface area contributed by atoms with Crippen LogP contribution in [0.1, 0.15) is 57.6 Å². The van der Waals surface area contributed by atoms with Gasteiger partial charge in [0, 0.05) is 13.5 Å². The first-order chi connectivity index (χ1) is 11.6. The summed E-state index contributed by atoms with van der Waals surface area (Å²) in [6.45, 7) is 4.22. The number of nitrogens with one attached hydrogen (secondary N) is 1. The van der Waals surface area contributed by atoms with E-state index >= 15 is 0 Å². The normalized spacial score (nSPS) is 15.3. The first kappa shape index (κ1) is 18.2. The molecule has 1 atom stereocenters. The number of carbonyl (C=O) groups excluding carboxylic acids is 2. The van der Waals surface area contributed by atoms with Crippen molar-refractivity contribution in [3.63, 3.8) is 0 Å². The zero-order valence-electron chi connectivity index (χ0n) is 14.8. The zero-order chi connectivity index (χ0) is 17.4. The Morgan fingerprint density at radius 1 is 1.21 bits per heavy atom. The van der Waals surface area contributed by atoms with Gasteiger partial charge >= 0.3 is 0 Å². The number of nitrogens with zero attached hydrogens (tertiary/aromatic N) is 1. The second-order valence-electron chi connectivity index (χ2n) is 6.44. The third-order valence-corrected chi connectivity index (χ3v) is 4.62. The molecule has 0 saturated carbocycles. The van der Waals surface area contributed by atoms with Crippen LogP contribution in [-0.2, 0) is 9.59 Å². The molecule has 0 bridgehead atoms. The van der Waals surface area contributed by atoms with Gasteiger partial charge in [-0.25, -0.2) is 0 Å². The lowest BCUT2D eigenvalue weighted by Gasteiger charge is -2.28. The van der Waals surface area contributed by atoms with Gasteiger partial charge in [-0.2, -0.15) is 0 Å². The van der Waals surface area contributed by atoms with Crippen molar-refractivity contribution in [2.24, 2.45) is 0 Å². The minimum absolute atomic E-state index is 0.0866. The molecule has 0 heterocycles. The van der Waals surface area contributed by atoms with E-state index in [1.807, 2.05) is 37.3 Å². The predicted molar refractivity (Wildman–Crippen MR) is 96.4 cm³/mol. The molecule has 1 aliphatic rings. The summed E-state index contributed by atoms with van der Waals surface area (Å²) < 4.78 is 0. The molecule has 130 valence electrons. The molecular weight excluding hydrogens is 300 g/mol. The molecule has 2 rings (SSSR count). The van der Waals surface area contributed by atoms with Gasteiger partial charge in [0.1, 0.15) is 6.54 Å². The fourth-order valence-electron chi connectivity index (χ4n) is 3.14. The van der Waals surface area contributed by atoms with E-state index in [-0.39, 0.29) is 24.4 Å². The van der Waals surface area contributed by atoms with Crippen molar-refractivity contribution in [3.8, 4) is 0 Å². The third-order valence-electron chi connectivity index (χ3n) is 4.62. The van der Waals surface area contributed by atoms with Crippen LogP contribution in [0.25, 0.3) is 0 Å². The summed E-state index contributed by atoms with van der Waals surface area (Å²) >= 11 is 0. The van der Waals surface area contributed by atoms with Gasteiger partial charge < -0.3 is 10.2 Å². The summed E-state index contributed by atoms with van der Waals surface area (Å²) in [5.74, 6) is -0.180. The first-order valence-corrected chi connectivity index (χ1v) is 8.84. The summed E-state index contributed by atoms with van der Waals surface area (Å²) in [5.41, 5.74) is 2.48. The van der Waals surface area contributed by atoms with Crippen molar-refractivity contribution in [3.05, 3.63) is 47.5 Å². The van der Waals surface area contributed by atoms with Gasteiger partial charge in [-0.15, -0.1) is 0 Å². The van der Waals surface area contributed by atoms with E-state index in [2.05, 4.69) is 11.4 Å². The first-order valence-electron chi connectivity index (χ1n) is 8.84. The number of carbonyl (C=O) groups is 2. The van der Waals surface area contributed by atoms with Crippen molar-refractivity contribution in [1.82, 2.24) is 10.2 Å². The van der Waals surface area contributed by atoms with E-state index in [0.29, 0.717) is 6.54 Å². The van der Waals surface area contributed by atoms with E-state index in [9.17, 15) is 9.59 Å². The Labute approximate surface area is 144 Å². The van der Waals surface area contributed by atoms with Gasteiger partial charge in [-0.1, -0.05) is 42.0 Å². The van der Waals surface area contributed by atoms with E-state index < -0.39 is 0 Å². The Morgan fingerprint density at radius 2 is 1.96 bits per heavy atom. The van der Waals surface area contributed by atoms with Crippen LogP contribution in [-0.4, -0.2) is 29.8 Å². The predicted octanol–water partition coefficient (Wildman–Crippen LogP) is 3.60. The fourth-order valence-corrected chi connectivity index (χ4v) is 3.14. The standard InChI is InChI=1S/C20H28N2O2/c1-16(19-11-7-4-8-12-19)22(17(2)23)15-20(24)21-14-13-18-9-5-3-6-10-18/h4,7-9,11-12,16H,3,5-6,10,13-15H2,1-2H3,(H,21,24). The van der Waals surface area contributed by atoms with Gasteiger partial charge in [0.05, 0.1) is 6.04 Å². The van der Waals surface area contributed by atoms with Crippen molar-refractivity contribution >= 4 is 11.8 Å². The van der Waals surface area contributed by atoms with Gasteiger partial charge in [-0.05, 0) is 44.6 Å². The highest BCUT2D eigenvalue weighted by molar-refractivity contribution is 5.84. The quantitative estimate of drug-likeness (QED) is 0.778. The molecule has 0 aliphatic heterocycles. The Hall–Kier alpha value is -2.10. The van der Waals surface area contributed by atoms with Crippen LogP contribution < -0.4 is 5.32 Å². The van der Waals surface area contributed by atoms with Gasteiger partial charge in [0.2, 0.25) is 11.8 Å². The maximum Gasteiger partial charge on any atom is 0.239 e. The second-order valence-corrected chi connectivity index (χ2v) is 6.44. The number of amides is 2. The van der Waals surface area contributed by atoms with Gasteiger partial charge in [-0.3, -0.25) is 9.59 Å². The maximum atomic E-state index is 12.2. The molecular formula is C20H28N2O2. The summed E-state index contributed by atoms with van der Waals surface area (Å²) in [7, 11) is 0. The highest BCUT2D eigenvalue weighted by Crippen LogP contribution is 2.20. The number of rotatable bonds is 7. The number of hydrogen-bond donors (Lipinski definition) is 1. The van der Waals surface area contributed by atoms with Crippen molar-refractivity contribution in [1.29, 1.82) is 0 Å². The molecule has 0 fully saturated rings. The average molecular weight is 328 g/mol. The minimum atomic E-state index is -0.115. The van der Waals surface area contributed by atoms with Gasteiger partial charge in [0.15, 0.2) is 0 Å². The summed E-state index contributed by atoms with van der Waals surface area (Å²) in [5, 5.41) is 2.95. The largest absolute Gasteiger partial charge is 0.354 e. The monoisotopic (exact) mass is 328 g/mol. The molecule has 0 spiro atoms. The van der Waals surface area contributed by atoms with Gasteiger partial charge in [0.25, 0.3) is 0 Å². The molecule has 0 radical (unpaired) electrons. The molecule has 1 aromatic carbocycles. The second kappa shape index (κ2) is 9.26. The Kier molecular flexibility index (Phi) is 7.04. The maximum absolute atomic E-state index is 12.2. The molecule has 0 aromatic heterocycles. The van der Waals surface area contributed by atoms with Crippen LogP contribution in [0.2, 0.25) is 0 Å². The van der Waals surface area contributed by atoms with Crippen molar-refractivity contribution < 1.29 is 9.59 Å². The van der Waals surface area contributed by atoms with E-state index in [1.165, 1.54) is 25.3 Å². The van der Waals surface area contributed by atoms with E-state index in [0.717, 1.165) is 24.8 Å². The minimum Gasteiger partial charge on any atom is -0.354 e. The smallest absolute Gasteiger partial charge is 0.239 e. The Bertz CT molecular complexity index is 581. The fraction of sp³-hybridized carbons (Fsp3) is 0.500. The summed E-state index contributed by atoms with van der Waals surface area (Å²) in [6.07, 6.45) is 8.07. The third kappa shape index (κ3) is 5.52. The molecule has 1 aromatic rings. The number of benzene rings is 1. The zero-order valence-corrected chi connectivity index (χ0v) is 14.8. The molecule has 1 N–H and O–H groups in total. The average Bonchev–Trinajstić information content (AvgIpc) is 2.60. The molecule has 2 amide bonds. The topological polar surface area (TPSA) is 49.4 Å². The molecule has 1 aliphatic carbocycles. The molecule has 4 heteroatoms. The lowest BCUT2D eigenvalue weighted by Crippen LogP contribution is -2.41. The molecule has 4 nitrogen and oxygen atoms in total. The number of allylic oxidation sites excluding steroid dienone is 1. The lowest BCUT2D eigenvalue weighted by molar-refractivity contribution is -0.136. The van der Waals surface area contributed by atoms with E-state index in [4.69, 9.17) is 0 Å². The Morgan fingerprint density at radius 3 is 2.58 bits per heavy atom. The van der Waals surface area contributed by atoms with Crippen LogP contribution in [0.5, 0.6) is 0 Å². The van der Waals surface area contributed by atoms with Crippen molar-refractivity contribution in [2.75, 3.05) is 13.1 Å². The summed E-state index contributed by atoms with van der Waals surface area (Å²) in [6, 6.07) is 9.68. The highest BCUT2D eigenvalue weighted by atomic mass is 16.2. The summed E-state index contributed by atoms with van der Waals surface area (Å²) in [4.78, 5) is 25.8. The number of hydrogen-bond acceptors (Lipinski definition) is 2.